The van der Waals surface area contributed by atoms with Gasteiger partial charge < -0.3 is 18.9 Å². The van der Waals surface area contributed by atoms with Crippen molar-refractivity contribution in [3.05, 3.63) is 59.2 Å². The van der Waals surface area contributed by atoms with E-state index in [4.69, 9.17) is 24.2 Å². The van der Waals surface area contributed by atoms with Crippen LogP contribution < -0.4 is 24.4 Å². The quantitative estimate of drug-likeness (QED) is 0.282. The molecule has 0 radical (unpaired) electrons. The molecule has 2 aromatic carbocycles. The number of benzene rings is 2. The standard InChI is InChI=1S/C22H23NO7/c1-27-18-9-6-14(11-15(18)7-10-21(25)23-26)5-8-17(24)16-12-19(28-2)22(30-4)20(13-16)29-3/h5-13,26H,1-4H3,(H,23,25)/b8-5+,10-7+. The summed E-state index contributed by atoms with van der Waals surface area (Å²) >= 11 is 0. The lowest BCUT2D eigenvalue weighted by molar-refractivity contribution is -0.124. The van der Waals surface area contributed by atoms with Gasteiger partial charge in [0.15, 0.2) is 17.3 Å². The lowest BCUT2D eigenvalue weighted by atomic mass is 10.1. The van der Waals surface area contributed by atoms with Gasteiger partial charge in [0.2, 0.25) is 5.75 Å². The van der Waals surface area contributed by atoms with Crippen molar-refractivity contribution in [1.82, 2.24) is 5.48 Å². The van der Waals surface area contributed by atoms with E-state index in [1.54, 1.807) is 36.4 Å². The van der Waals surface area contributed by atoms with Gasteiger partial charge in [0, 0.05) is 17.2 Å². The van der Waals surface area contributed by atoms with Crippen molar-refractivity contribution >= 4 is 23.8 Å². The molecule has 8 nitrogen and oxygen atoms in total. The summed E-state index contributed by atoms with van der Waals surface area (Å²) in [6.45, 7) is 0. The number of amides is 1. The Morgan fingerprint density at radius 1 is 0.833 bits per heavy atom. The van der Waals surface area contributed by atoms with Crippen molar-refractivity contribution in [3.8, 4) is 23.0 Å². The average Bonchev–Trinajstić information content (AvgIpc) is 2.79. The Labute approximate surface area is 174 Å². The average molecular weight is 413 g/mol. The molecular formula is C22H23NO7. The van der Waals surface area contributed by atoms with Crippen molar-refractivity contribution in [2.24, 2.45) is 0 Å². The van der Waals surface area contributed by atoms with Crippen LogP contribution in [0.25, 0.3) is 12.2 Å². The lowest BCUT2D eigenvalue weighted by Gasteiger charge is -2.13. The molecule has 0 atom stereocenters. The Morgan fingerprint density at radius 2 is 1.47 bits per heavy atom. The highest BCUT2D eigenvalue weighted by atomic mass is 16.5. The molecule has 0 fully saturated rings. The van der Waals surface area contributed by atoms with Crippen LogP contribution in [0.5, 0.6) is 23.0 Å². The minimum Gasteiger partial charge on any atom is -0.496 e. The predicted octanol–water partition coefficient (Wildman–Crippen LogP) is 3.14. The van der Waals surface area contributed by atoms with Gasteiger partial charge in [0.05, 0.1) is 28.4 Å². The molecule has 158 valence electrons. The third kappa shape index (κ3) is 5.39. The Hall–Kier alpha value is -3.78. The number of hydrogen-bond acceptors (Lipinski definition) is 7. The minimum absolute atomic E-state index is 0.262. The van der Waals surface area contributed by atoms with Gasteiger partial charge in [0.1, 0.15) is 5.75 Å². The van der Waals surface area contributed by atoms with E-state index in [0.717, 1.165) is 6.08 Å². The topological polar surface area (TPSA) is 103 Å². The maximum atomic E-state index is 12.7. The first-order chi connectivity index (χ1) is 14.5. The van der Waals surface area contributed by atoms with Crippen LogP contribution in [-0.2, 0) is 4.79 Å². The van der Waals surface area contributed by atoms with Gasteiger partial charge in [0.25, 0.3) is 5.91 Å². The molecule has 2 rings (SSSR count). The molecule has 0 bridgehead atoms. The zero-order chi connectivity index (χ0) is 22.1. The SMILES string of the molecule is COc1ccc(/C=C/C(=O)c2cc(OC)c(OC)c(OC)c2)cc1/C=C/C(=O)NO. The van der Waals surface area contributed by atoms with Crippen LogP contribution in [0.3, 0.4) is 0 Å². The van der Waals surface area contributed by atoms with Gasteiger partial charge in [-0.25, -0.2) is 5.48 Å². The van der Waals surface area contributed by atoms with E-state index in [1.165, 1.54) is 46.1 Å². The molecule has 2 N–H and O–H groups in total. The number of hydroxylamine groups is 1. The summed E-state index contributed by atoms with van der Waals surface area (Å²) in [5, 5.41) is 8.60. The number of carbonyl (C=O) groups excluding carboxylic acids is 2. The summed E-state index contributed by atoms with van der Waals surface area (Å²) in [5.41, 5.74) is 3.20. The molecule has 0 aliphatic rings. The van der Waals surface area contributed by atoms with Crippen molar-refractivity contribution in [1.29, 1.82) is 0 Å². The number of allylic oxidation sites excluding steroid dienone is 1. The molecule has 30 heavy (non-hydrogen) atoms. The van der Waals surface area contributed by atoms with Crippen LogP contribution >= 0.6 is 0 Å². The predicted molar refractivity (Wildman–Crippen MR) is 111 cm³/mol. The smallest absolute Gasteiger partial charge is 0.267 e. The summed E-state index contributed by atoms with van der Waals surface area (Å²) in [4.78, 5) is 23.9. The maximum absolute atomic E-state index is 12.7. The lowest BCUT2D eigenvalue weighted by Crippen LogP contribution is -2.14. The highest BCUT2D eigenvalue weighted by Crippen LogP contribution is 2.38. The normalized spacial score (nSPS) is 10.8. The fraction of sp³-hybridized carbons (Fsp3) is 0.182. The van der Waals surface area contributed by atoms with Crippen LogP contribution in [-0.4, -0.2) is 45.3 Å². The number of methoxy groups -OCH3 is 4. The van der Waals surface area contributed by atoms with Crippen molar-refractivity contribution in [2.75, 3.05) is 28.4 Å². The van der Waals surface area contributed by atoms with E-state index < -0.39 is 5.91 Å². The van der Waals surface area contributed by atoms with Gasteiger partial charge >= 0.3 is 0 Å². The summed E-state index contributed by atoms with van der Waals surface area (Å²) in [6.07, 6.45) is 5.69. The summed E-state index contributed by atoms with van der Waals surface area (Å²) in [6, 6.07) is 8.35. The van der Waals surface area contributed by atoms with E-state index in [1.807, 2.05) is 0 Å². The first-order valence-electron chi connectivity index (χ1n) is 8.80. The summed E-state index contributed by atoms with van der Waals surface area (Å²) in [7, 11) is 5.94. The van der Waals surface area contributed by atoms with Crippen molar-refractivity contribution in [2.45, 2.75) is 0 Å². The summed E-state index contributed by atoms with van der Waals surface area (Å²) < 4.78 is 21.1. The van der Waals surface area contributed by atoms with Crippen LogP contribution in [0.1, 0.15) is 21.5 Å². The number of carbonyl (C=O) groups is 2. The van der Waals surface area contributed by atoms with E-state index in [-0.39, 0.29) is 5.78 Å². The van der Waals surface area contributed by atoms with Gasteiger partial charge in [-0.1, -0.05) is 12.1 Å². The Balaban J connectivity index is 2.32. The van der Waals surface area contributed by atoms with Gasteiger partial charge in [-0.15, -0.1) is 0 Å². The first kappa shape index (κ1) is 22.5. The molecule has 0 aliphatic heterocycles. The highest BCUT2D eigenvalue weighted by Gasteiger charge is 2.15. The van der Waals surface area contributed by atoms with Crippen LogP contribution in [0.2, 0.25) is 0 Å². The van der Waals surface area contributed by atoms with Crippen LogP contribution in [0, 0.1) is 0 Å². The molecule has 0 unspecified atom stereocenters. The molecule has 1 amide bonds. The van der Waals surface area contributed by atoms with Gasteiger partial charge in [-0.2, -0.15) is 0 Å². The first-order valence-corrected chi connectivity index (χ1v) is 8.80. The van der Waals surface area contributed by atoms with E-state index in [9.17, 15) is 9.59 Å². The zero-order valence-corrected chi connectivity index (χ0v) is 17.1. The molecular weight excluding hydrogens is 390 g/mol. The van der Waals surface area contributed by atoms with Crippen LogP contribution in [0.15, 0.2) is 42.5 Å². The molecule has 2 aromatic rings. The number of hydrogen-bond donors (Lipinski definition) is 2. The molecule has 0 spiro atoms. The minimum atomic E-state index is -0.671. The second kappa shape index (κ2) is 10.7. The van der Waals surface area contributed by atoms with E-state index >= 15 is 0 Å². The number of ketones is 1. The fourth-order valence-corrected chi connectivity index (χ4v) is 2.68. The van der Waals surface area contributed by atoms with Crippen molar-refractivity contribution < 1.29 is 33.7 Å². The summed E-state index contributed by atoms with van der Waals surface area (Å²) in [5.74, 6) is 0.766. The van der Waals surface area contributed by atoms with E-state index in [2.05, 4.69) is 0 Å². The highest BCUT2D eigenvalue weighted by molar-refractivity contribution is 6.07. The molecule has 0 aromatic heterocycles. The Bertz CT molecular complexity index is 954. The molecule has 0 saturated carbocycles. The molecule has 0 saturated heterocycles. The van der Waals surface area contributed by atoms with E-state index in [0.29, 0.717) is 39.7 Å². The third-order valence-corrected chi connectivity index (χ3v) is 4.15. The van der Waals surface area contributed by atoms with Crippen molar-refractivity contribution in [3.63, 3.8) is 0 Å². The van der Waals surface area contributed by atoms with Gasteiger partial charge in [-0.3, -0.25) is 14.8 Å². The number of ether oxygens (including phenoxy) is 4. The number of nitrogens with one attached hydrogen (secondary N) is 1. The number of rotatable bonds is 9. The second-order valence-electron chi connectivity index (χ2n) is 5.92. The third-order valence-electron chi connectivity index (χ3n) is 4.15. The van der Waals surface area contributed by atoms with Gasteiger partial charge in [-0.05, 0) is 42.0 Å². The monoisotopic (exact) mass is 413 g/mol. The second-order valence-corrected chi connectivity index (χ2v) is 5.92. The largest absolute Gasteiger partial charge is 0.496 e. The Kier molecular flexibility index (Phi) is 8.01. The van der Waals surface area contributed by atoms with Crippen LogP contribution in [0.4, 0.5) is 0 Å². The zero-order valence-electron chi connectivity index (χ0n) is 17.1. The Morgan fingerprint density at radius 3 is 2.00 bits per heavy atom. The molecule has 0 heterocycles. The maximum Gasteiger partial charge on any atom is 0.267 e. The fourth-order valence-electron chi connectivity index (χ4n) is 2.68. The molecule has 0 aliphatic carbocycles. The molecule has 8 heteroatoms.